The molecule has 4 aliphatic rings. The highest BCUT2D eigenvalue weighted by Gasteiger charge is 2.74. The quantitative estimate of drug-likeness (QED) is 0.448. The average molecular weight is 511 g/mol. The molecule has 1 aromatic rings. The molecule has 0 aromatic heterocycles. The Kier molecular flexibility index (Phi) is 6.76. The number of cyclic esters (lactones) is 1. The Bertz CT molecular complexity index is 1090. The highest BCUT2D eigenvalue weighted by atomic mass is 32.2. The lowest BCUT2D eigenvalue weighted by molar-refractivity contribution is -0.153. The maximum absolute atomic E-state index is 14.3. The van der Waals surface area contributed by atoms with Crippen molar-refractivity contribution >= 4 is 29.5 Å². The van der Waals surface area contributed by atoms with Gasteiger partial charge in [-0.2, -0.15) is 0 Å². The maximum atomic E-state index is 14.3. The van der Waals surface area contributed by atoms with E-state index in [1.165, 1.54) is 11.8 Å². The number of esters is 1. The SMILES string of the molecule is CCCCN1CC=C[C@]23S[C@@]4(C)C=CCOC(=O)[C@H]4[C@H]2C(=O)N([C@@H](CO)Cc2ccccc2)C3C1=O. The number of thioether (sulfide) groups is 1. The summed E-state index contributed by atoms with van der Waals surface area (Å²) in [6, 6.07) is 8.30. The minimum atomic E-state index is -0.917. The van der Waals surface area contributed by atoms with Crippen molar-refractivity contribution < 1.29 is 24.2 Å². The second-order valence-corrected chi connectivity index (χ2v) is 12.1. The van der Waals surface area contributed by atoms with Gasteiger partial charge in [-0.3, -0.25) is 14.4 Å². The summed E-state index contributed by atoms with van der Waals surface area (Å²) in [7, 11) is 0. The van der Waals surface area contributed by atoms with E-state index in [-0.39, 0.29) is 25.0 Å². The van der Waals surface area contributed by atoms with Crippen LogP contribution in [0.2, 0.25) is 0 Å². The molecule has 2 fully saturated rings. The van der Waals surface area contributed by atoms with E-state index < -0.39 is 39.4 Å². The number of hydrogen-bond donors (Lipinski definition) is 1. The highest BCUT2D eigenvalue weighted by molar-refractivity contribution is 8.02. The largest absolute Gasteiger partial charge is 0.461 e. The van der Waals surface area contributed by atoms with Gasteiger partial charge in [-0.1, -0.05) is 61.9 Å². The number of aliphatic hydroxyl groups is 1. The lowest BCUT2D eigenvalue weighted by Gasteiger charge is -2.39. The number of ether oxygens (including phenoxy) is 1. The molecule has 8 heteroatoms. The Labute approximate surface area is 216 Å². The van der Waals surface area contributed by atoms with Crippen LogP contribution in [0.15, 0.2) is 54.6 Å². The first-order valence-electron chi connectivity index (χ1n) is 12.8. The van der Waals surface area contributed by atoms with Crippen LogP contribution in [-0.2, 0) is 25.5 Å². The first kappa shape index (κ1) is 25.1. The van der Waals surface area contributed by atoms with E-state index in [9.17, 15) is 19.5 Å². The van der Waals surface area contributed by atoms with Gasteiger partial charge in [0.25, 0.3) is 0 Å². The fraction of sp³-hybridized carbons (Fsp3) is 0.536. The Hall–Kier alpha value is -2.58. The third-order valence-corrected chi connectivity index (χ3v) is 9.83. The highest BCUT2D eigenvalue weighted by Crippen LogP contribution is 2.65. The Morgan fingerprint density at radius 3 is 2.61 bits per heavy atom. The Balaban J connectivity index is 1.62. The standard InChI is InChI=1S/C28H34N2O5S/c1-3-4-14-29-15-8-13-28-21(22-26(34)35-16-9-12-27(22,2)36-28)24(32)30(23(28)25(29)33)20(18-31)17-19-10-6-5-7-11-19/h5-13,20-23,31H,3-4,14-18H2,1-2H3/t20-,21+,22-,23?,27+,28+/m1/s1. The van der Waals surface area contributed by atoms with Crippen LogP contribution >= 0.6 is 11.8 Å². The number of likely N-dealkylation sites (tertiary alicyclic amines) is 1. The minimum absolute atomic E-state index is 0.110. The topological polar surface area (TPSA) is 87.2 Å². The molecule has 36 heavy (non-hydrogen) atoms. The summed E-state index contributed by atoms with van der Waals surface area (Å²) in [6.45, 7) is 5.04. The fourth-order valence-corrected chi connectivity index (χ4v) is 8.56. The molecular weight excluding hydrogens is 476 g/mol. The molecular formula is C28H34N2O5S. The number of carbonyl (C=O) groups is 3. The van der Waals surface area contributed by atoms with E-state index in [0.717, 1.165) is 18.4 Å². The predicted molar refractivity (Wildman–Crippen MR) is 138 cm³/mol. The average Bonchev–Trinajstić information content (AvgIpc) is 3.14. The molecule has 0 aliphatic carbocycles. The summed E-state index contributed by atoms with van der Waals surface area (Å²) in [5.74, 6) is -2.22. The molecule has 0 radical (unpaired) electrons. The number of fused-ring (bicyclic) bond motifs is 2. The van der Waals surface area contributed by atoms with Gasteiger partial charge in [0.05, 0.1) is 29.2 Å². The molecule has 1 N–H and O–H groups in total. The molecule has 4 aliphatic heterocycles. The van der Waals surface area contributed by atoms with E-state index in [2.05, 4.69) is 6.92 Å². The number of amides is 2. The van der Waals surface area contributed by atoms with Gasteiger partial charge in [0.2, 0.25) is 11.8 Å². The van der Waals surface area contributed by atoms with Gasteiger partial charge in [-0.15, -0.1) is 11.8 Å². The van der Waals surface area contributed by atoms with Gasteiger partial charge < -0.3 is 19.6 Å². The van der Waals surface area contributed by atoms with Gasteiger partial charge in [0.1, 0.15) is 12.6 Å². The molecule has 192 valence electrons. The lowest BCUT2D eigenvalue weighted by atomic mass is 9.75. The van der Waals surface area contributed by atoms with Crippen molar-refractivity contribution in [3.8, 4) is 0 Å². The predicted octanol–water partition coefficient (Wildman–Crippen LogP) is 2.59. The summed E-state index contributed by atoms with van der Waals surface area (Å²) in [4.78, 5) is 45.3. The van der Waals surface area contributed by atoms with Crippen LogP contribution in [0.5, 0.6) is 0 Å². The molecule has 0 saturated carbocycles. The monoisotopic (exact) mass is 510 g/mol. The third-order valence-electron chi connectivity index (χ3n) is 8.03. The molecule has 1 unspecified atom stereocenters. The summed E-state index contributed by atoms with van der Waals surface area (Å²) in [5.41, 5.74) is 0.976. The van der Waals surface area contributed by atoms with Gasteiger partial charge >= 0.3 is 5.97 Å². The number of hydrogen-bond acceptors (Lipinski definition) is 6. The zero-order valence-corrected chi connectivity index (χ0v) is 21.7. The van der Waals surface area contributed by atoms with Crippen molar-refractivity contribution in [3.63, 3.8) is 0 Å². The molecule has 0 bridgehead atoms. The van der Waals surface area contributed by atoms with E-state index in [1.807, 2.05) is 66.5 Å². The van der Waals surface area contributed by atoms with Crippen molar-refractivity contribution in [1.82, 2.24) is 9.80 Å². The van der Waals surface area contributed by atoms with Crippen LogP contribution in [0.4, 0.5) is 0 Å². The molecule has 1 aromatic carbocycles. The summed E-state index contributed by atoms with van der Waals surface area (Å²) < 4.78 is 3.90. The number of rotatable bonds is 7. The van der Waals surface area contributed by atoms with Gasteiger partial charge in [0, 0.05) is 17.8 Å². The van der Waals surface area contributed by atoms with Crippen molar-refractivity contribution in [1.29, 1.82) is 0 Å². The second kappa shape index (κ2) is 9.71. The number of unbranched alkanes of at least 4 members (excludes halogenated alkanes) is 1. The molecule has 2 saturated heterocycles. The zero-order valence-electron chi connectivity index (χ0n) is 20.8. The van der Waals surface area contributed by atoms with Crippen LogP contribution in [0.3, 0.4) is 0 Å². The summed E-state index contributed by atoms with van der Waals surface area (Å²) >= 11 is 1.53. The van der Waals surface area contributed by atoms with Gasteiger partial charge in [-0.05, 0) is 31.4 Å². The van der Waals surface area contributed by atoms with Crippen LogP contribution in [0, 0.1) is 11.8 Å². The molecule has 2 amide bonds. The zero-order chi connectivity index (χ0) is 25.5. The van der Waals surface area contributed by atoms with Crippen molar-refractivity contribution in [2.24, 2.45) is 11.8 Å². The number of aliphatic hydroxyl groups excluding tert-OH is 1. The van der Waals surface area contributed by atoms with E-state index in [0.29, 0.717) is 19.5 Å². The van der Waals surface area contributed by atoms with Gasteiger partial charge in [0.15, 0.2) is 0 Å². The molecule has 5 rings (SSSR count). The van der Waals surface area contributed by atoms with E-state index in [1.54, 1.807) is 4.90 Å². The number of carbonyl (C=O) groups excluding carboxylic acids is 3. The van der Waals surface area contributed by atoms with Crippen LogP contribution < -0.4 is 0 Å². The van der Waals surface area contributed by atoms with Crippen molar-refractivity contribution in [3.05, 3.63) is 60.2 Å². The van der Waals surface area contributed by atoms with Crippen molar-refractivity contribution in [2.75, 3.05) is 26.3 Å². The van der Waals surface area contributed by atoms with E-state index in [4.69, 9.17) is 4.74 Å². The van der Waals surface area contributed by atoms with Crippen LogP contribution in [-0.4, -0.2) is 80.6 Å². The minimum Gasteiger partial charge on any atom is -0.461 e. The fourth-order valence-electron chi connectivity index (χ4n) is 6.42. The first-order valence-corrected chi connectivity index (χ1v) is 13.7. The number of benzene rings is 1. The first-order chi connectivity index (χ1) is 17.4. The lowest BCUT2D eigenvalue weighted by Crippen LogP contribution is -2.57. The normalized spacial score (nSPS) is 34.1. The Morgan fingerprint density at radius 2 is 1.89 bits per heavy atom. The summed E-state index contributed by atoms with van der Waals surface area (Å²) in [5, 5.41) is 10.5. The molecule has 6 atom stereocenters. The third kappa shape index (κ3) is 3.89. The van der Waals surface area contributed by atoms with Crippen LogP contribution in [0.1, 0.15) is 32.3 Å². The molecule has 1 spiro atoms. The second-order valence-electron chi connectivity index (χ2n) is 10.3. The van der Waals surface area contributed by atoms with E-state index >= 15 is 0 Å². The van der Waals surface area contributed by atoms with Crippen molar-refractivity contribution in [2.45, 2.75) is 54.7 Å². The smallest absolute Gasteiger partial charge is 0.311 e. The summed E-state index contributed by atoms with van der Waals surface area (Å²) in [6.07, 6.45) is 10.0. The van der Waals surface area contributed by atoms with Crippen LogP contribution in [0.25, 0.3) is 0 Å². The maximum Gasteiger partial charge on any atom is 0.311 e. The molecule has 7 nitrogen and oxygen atoms in total. The van der Waals surface area contributed by atoms with Gasteiger partial charge in [-0.25, -0.2) is 0 Å². The molecule has 4 heterocycles. The Morgan fingerprint density at radius 1 is 1.11 bits per heavy atom. The number of nitrogens with zero attached hydrogens (tertiary/aromatic N) is 2.